The van der Waals surface area contributed by atoms with Gasteiger partial charge in [-0.1, -0.05) is 72.3 Å². The molecule has 1 unspecified atom stereocenters. The van der Waals surface area contributed by atoms with Gasteiger partial charge in [-0.15, -0.1) is 0 Å². The first-order valence-electron chi connectivity index (χ1n) is 9.79. The molecule has 4 rings (SSSR count). The van der Waals surface area contributed by atoms with Gasteiger partial charge in [0.05, 0.1) is 10.9 Å². The molecule has 0 amide bonds. The van der Waals surface area contributed by atoms with E-state index in [0.29, 0.717) is 16.0 Å². The molecule has 1 aromatic heterocycles. The fraction of sp³-hybridized carbons (Fsp3) is 0.0769. The summed E-state index contributed by atoms with van der Waals surface area (Å²) in [6.45, 7) is 0. The van der Waals surface area contributed by atoms with Crippen molar-refractivity contribution in [2.75, 3.05) is 0 Å². The molecule has 0 aliphatic carbocycles. The van der Waals surface area contributed by atoms with Gasteiger partial charge in [-0.05, 0) is 41.5 Å². The van der Waals surface area contributed by atoms with Crippen molar-refractivity contribution in [1.29, 1.82) is 0 Å². The van der Waals surface area contributed by atoms with Crippen LogP contribution in [-0.4, -0.2) is 10.9 Å². The van der Waals surface area contributed by atoms with Gasteiger partial charge in [-0.25, -0.2) is 4.79 Å². The largest absolute Gasteiger partial charge is 0.507 e. The summed E-state index contributed by atoms with van der Waals surface area (Å²) in [7, 11) is 0. The maximum Gasteiger partial charge on any atom is 0.343 e. The molecular formula is C26H19ClO4. The Morgan fingerprint density at radius 3 is 2.39 bits per heavy atom. The predicted molar refractivity (Wildman–Crippen MR) is 123 cm³/mol. The second kappa shape index (κ2) is 9.02. The van der Waals surface area contributed by atoms with Crippen LogP contribution >= 0.6 is 11.6 Å². The Hall–Kier alpha value is -3.63. The molecule has 0 radical (unpaired) electrons. The fourth-order valence-corrected chi connectivity index (χ4v) is 3.69. The van der Waals surface area contributed by atoms with Gasteiger partial charge < -0.3 is 9.52 Å². The van der Waals surface area contributed by atoms with E-state index in [0.717, 1.165) is 11.1 Å². The third-order valence-electron chi connectivity index (χ3n) is 5.11. The van der Waals surface area contributed by atoms with Crippen LogP contribution in [0.1, 0.15) is 29.0 Å². The lowest BCUT2D eigenvalue weighted by Gasteiger charge is -2.17. The van der Waals surface area contributed by atoms with E-state index in [1.807, 2.05) is 42.5 Å². The molecule has 31 heavy (non-hydrogen) atoms. The average molecular weight is 431 g/mol. The fourth-order valence-electron chi connectivity index (χ4n) is 3.56. The van der Waals surface area contributed by atoms with Crippen LogP contribution in [-0.2, 0) is 4.79 Å². The third kappa shape index (κ3) is 4.60. The van der Waals surface area contributed by atoms with Crippen LogP contribution in [0.4, 0.5) is 0 Å². The second-order valence-corrected chi connectivity index (χ2v) is 7.60. The van der Waals surface area contributed by atoms with E-state index in [9.17, 15) is 14.7 Å². The number of para-hydroxylation sites is 1. The number of rotatable bonds is 6. The number of ketones is 1. The average Bonchev–Trinajstić information content (AvgIpc) is 2.78. The van der Waals surface area contributed by atoms with Crippen LogP contribution in [0, 0.1) is 0 Å². The van der Waals surface area contributed by atoms with Crippen LogP contribution < -0.4 is 5.63 Å². The zero-order valence-corrected chi connectivity index (χ0v) is 17.3. The van der Waals surface area contributed by atoms with Gasteiger partial charge >= 0.3 is 5.63 Å². The first kappa shape index (κ1) is 20.6. The highest BCUT2D eigenvalue weighted by Gasteiger charge is 2.26. The van der Waals surface area contributed by atoms with Crippen molar-refractivity contribution in [2.24, 2.45) is 0 Å². The number of carbonyl (C=O) groups is 1. The van der Waals surface area contributed by atoms with E-state index in [-0.39, 0.29) is 23.5 Å². The number of aromatic hydroxyl groups is 1. The van der Waals surface area contributed by atoms with E-state index in [4.69, 9.17) is 16.0 Å². The number of carbonyl (C=O) groups excluding carboxylic acids is 1. The Bertz CT molecular complexity index is 1310. The minimum Gasteiger partial charge on any atom is -0.507 e. The van der Waals surface area contributed by atoms with Crippen molar-refractivity contribution in [2.45, 2.75) is 12.3 Å². The number of hydrogen-bond donors (Lipinski definition) is 1. The molecule has 0 spiro atoms. The summed E-state index contributed by atoms with van der Waals surface area (Å²) in [5, 5.41) is 12.0. The molecule has 0 aliphatic rings. The summed E-state index contributed by atoms with van der Waals surface area (Å²) in [6.07, 6.45) is 3.17. The molecule has 1 N–H and O–H groups in total. The Labute approximate surface area is 184 Å². The predicted octanol–water partition coefficient (Wildman–Crippen LogP) is 5.96. The van der Waals surface area contributed by atoms with Crippen LogP contribution in [0.5, 0.6) is 5.75 Å². The van der Waals surface area contributed by atoms with Crippen LogP contribution in [0.25, 0.3) is 17.0 Å². The molecule has 3 aromatic carbocycles. The smallest absolute Gasteiger partial charge is 0.343 e. The number of hydrogen-bond acceptors (Lipinski definition) is 4. The van der Waals surface area contributed by atoms with Crippen LogP contribution in [0.2, 0.25) is 5.02 Å². The summed E-state index contributed by atoms with van der Waals surface area (Å²) in [4.78, 5) is 25.6. The van der Waals surface area contributed by atoms with Gasteiger partial charge in [0, 0.05) is 17.4 Å². The summed E-state index contributed by atoms with van der Waals surface area (Å²) < 4.78 is 5.44. The van der Waals surface area contributed by atoms with Crippen molar-refractivity contribution in [3.63, 3.8) is 0 Å². The van der Waals surface area contributed by atoms with E-state index >= 15 is 0 Å². The lowest BCUT2D eigenvalue weighted by molar-refractivity contribution is -0.114. The Kier molecular flexibility index (Phi) is 6.01. The summed E-state index contributed by atoms with van der Waals surface area (Å²) in [6, 6.07) is 23.1. The molecule has 4 nitrogen and oxygen atoms in total. The molecule has 0 aliphatic heterocycles. The standard InChI is InChI=1S/C26H19ClO4/c27-19-13-10-17(11-14-19)12-15-20(28)16-22(18-6-2-1-3-7-18)24-25(29)21-8-4-5-9-23(21)31-26(24)30/h1-15,22,29H,16H2/b15-12+. The van der Waals surface area contributed by atoms with Crippen molar-refractivity contribution in [3.8, 4) is 5.75 Å². The molecule has 0 saturated carbocycles. The maximum atomic E-state index is 12.8. The van der Waals surface area contributed by atoms with E-state index in [1.54, 1.807) is 42.5 Å². The van der Waals surface area contributed by atoms with Crippen LogP contribution in [0.15, 0.2) is 94.2 Å². The Morgan fingerprint density at radius 2 is 1.65 bits per heavy atom. The summed E-state index contributed by atoms with van der Waals surface area (Å²) in [5.74, 6) is -0.990. The molecular weight excluding hydrogens is 412 g/mol. The van der Waals surface area contributed by atoms with Crippen LogP contribution in [0.3, 0.4) is 0 Å². The zero-order chi connectivity index (χ0) is 21.8. The lowest BCUT2D eigenvalue weighted by atomic mass is 9.86. The molecule has 1 heterocycles. The first-order valence-corrected chi connectivity index (χ1v) is 10.2. The quantitative estimate of drug-likeness (QED) is 0.303. The molecule has 4 aromatic rings. The lowest BCUT2D eigenvalue weighted by Crippen LogP contribution is -2.16. The molecule has 1 atom stereocenters. The van der Waals surface area contributed by atoms with Crippen molar-refractivity contribution < 1.29 is 14.3 Å². The van der Waals surface area contributed by atoms with Gasteiger partial charge in [0.15, 0.2) is 5.78 Å². The van der Waals surface area contributed by atoms with Gasteiger partial charge in [0.2, 0.25) is 0 Å². The maximum absolute atomic E-state index is 12.8. The van der Waals surface area contributed by atoms with E-state index < -0.39 is 11.5 Å². The second-order valence-electron chi connectivity index (χ2n) is 7.17. The van der Waals surface area contributed by atoms with Gasteiger partial charge in [-0.2, -0.15) is 0 Å². The number of halogens is 1. The number of benzene rings is 3. The summed E-state index contributed by atoms with van der Waals surface area (Å²) in [5.41, 5.74) is 1.31. The normalized spacial score (nSPS) is 12.3. The van der Waals surface area contributed by atoms with Gasteiger partial charge in [0.25, 0.3) is 0 Å². The summed E-state index contributed by atoms with van der Waals surface area (Å²) >= 11 is 5.90. The van der Waals surface area contributed by atoms with Crippen molar-refractivity contribution in [1.82, 2.24) is 0 Å². The molecule has 0 fully saturated rings. The van der Waals surface area contributed by atoms with Crippen molar-refractivity contribution in [3.05, 3.63) is 117 Å². The minimum absolute atomic E-state index is 0.00473. The molecule has 154 valence electrons. The molecule has 5 heteroatoms. The number of fused-ring (bicyclic) bond motifs is 1. The highest BCUT2D eigenvalue weighted by molar-refractivity contribution is 6.30. The SMILES string of the molecule is O=C(/C=C/c1ccc(Cl)cc1)CC(c1ccccc1)c1c(O)c2ccccc2oc1=O. The highest BCUT2D eigenvalue weighted by atomic mass is 35.5. The van der Waals surface area contributed by atoms with Crippen molar-refractivity contribution >= 4 is 34.4 Å². The minimum atomic E-state index is -0.653. The zero-order valence-electron chi connectivity index (χ0n) is 16.5. The molecule has 0 saturated heterocycles. The number of allylic oxidation sites excluding steroid dienone is 1. The highest BCUT2D eigenvalue weighted by Crippen LogP contribution is 2.36. The van der Waals surface area contributed by atoms with Gasteiger partial charge in [-0.3, -0.25) is 4.79 Å². The Balaban J connectivity index is 1.72. The van der Waals surface area contributed by atoms with Gasteiger partial charge in [0.1, 0.15) is 11.3 Å². The topological polar surface area (TPSA) is 67.5 Å². The Morgan fingerprint density at radius 1 is 0.968 bits per heavy atom. The van der Waals surface area contributed by atoms with E-state index in [1.165, 1.54) is 6.08 Å². The first-order chi connectivity index (χ1) is 15.0. The van der Waals surface area contributed by atoms with E-state index in [2.05, 4.69) is 0 Å². The molecule has 0 bridgehead atoms. The third-order valence-corrected chi connectivity index (χ3v) is 5.36. The monoisotopic (exact) mass is 430 g/mol.